The molecule has 1 N–H and O–H groups in total. The Balaban J connectivity index is 1.75. The van der Waals surface area contributed by atoms with Crippen molar-refractivity contribution < 1.29 is 19.1 Å². The zero-order valence-corrected chi connectivity index (χ0v) is 17.1. The van der Waals surface area contributed by atoms with E-state index in [0.29, 0.717) is 17.4 Å². The summed E-state index contributed by atoms with van der Waals surface area (Å²) >= 11 is 0. The van der Waals surface area contributed by atoms with Gasteiger partial charge >= 0.3 is 0 Å². The second kappa shape index (κ2) is 10.7. The van der Waals surface area contributed by atoms with Crippen LogP contribution in [0.15, 0.2) is 48.5 Å². The molecular weight excluding hydrogens is 352 g/mol. The first-order valence-corrected chi connectivity index (χ1v) is 9.63. The number of quaternary nitrogens is 1. The molecule has 2 aromatic carbocycles. The molecule has 5 heteroatoms. The van der Waals surface area contributed by atoms with Crippen molar-refractivity contribution in [3.8, 4) is 17.6 Å². The summed E-state index contributed by atoms with van der Waals surface area (Å²) in [6.45, 7) is 1.81. The number of hydrogen-bond donors (Lipinski definition) is 1. The Morgan fingerprint density at radius 2 is 1.54 bits per heavy atom. The molecule has 150 valence electrons. The number of benzene rings is 2. The fourth-order valence-corrected chi connectivity index (χ4v) is 3.08. The van der Waals surface area contributed by atoms with Crippen LogP contribution < -0.4 is 9.47 Å². The minimum atomic E-state index is -0.538. The molecule has 0 saturated carbocycles. The van der Waals surface area contributed by atoms with Gasteiger partial charge in [0.2, 0.25) is 0 Å². The molecule has 2 rings (SSSR count). The molecule has 0 aliphatic carbocycles. The molecule has 5 nitrogen and oxygen atoms in total. The highest BCUT2D eigenvalue weighted by Crippen LogP contribution is 2.15. The van der Waals surface area contributed by atoms with E-state index in [9.17, 15) is 5.11 Å². The Bertz CT molecular complexity index is 749. The minimum Gasteiger partial charge on any atom is -0.497 e. The van der Waals surface area contributed by atoms with Gasteiger partial charge in [0.25, 0.3) is 0 Å². The number of likely N-dealkylation sites (N-methyl/N-ethyl adjacent to an activating group) is 1. The Kier molecular flexibility index (Phi) is 8.31. The largest absolute Gasteiger partial charge is 0.497 e. The first-order valence-electron chi connectivity index (χ1n) is 9.63. The van der Waals surface area contributed by atoms with E-state index in [1.165, 1.54) is 5.56 Å². The topological polar surface area (TPSA) is 62.5 Å². The van der Waals surface area contributed by atoms with Crippen LogP contribution in [0.5, 0.6) is 11.5 Å². The van der Waals surface area contributed by atoms with E-state index in [1.807, 2.05) is 36.4 Å². The highest BCUT2D eigenvalue weighted by molar-refractivity contribution is 5.28. The molecule has 0 saturated heterocycles. The third-order valence-electron chi connectivity index (χ3n) is 4.76. The molecule has 0 spiro atoms. The van der Waals surface area contributed by atoms with Crippen molar-refractivity contribution in [2.75, 3.05) is 40.9 Å². The lowest BCUT2D eigenvalue weighted by molar-refractivity contribution is -0.893. The van der Waals surface area contributed by atoms with Crippen molar-refractivity contribution in [3.05, 3.63) is 59.7 Å². The number of hydrogen-bond acceptors (Lipinski definition) is 4. The Hall–Kier alpha value is -2.55. The molecular formula is C23H31N2O3+. The lowest BCUT2D eigenvalue weighted by atomic mass is 10.1. The maximum absolute atomic E-state index is 10.4. The smallest absolute Gasteiger partial charge is 0.137 e. The normalized spacial score (nSPS) is 12.2. The van der Waals surface area contributed by atoms with E-state index < -0.39 is 6.10 Å². The van der Waals surface area contributed by atoms with E-state index >= 15 is 0 Å². The van der Waals surface area contributed by atoms with Crippen LogP contribution >= 0.6 is 0 Å². The average Bonchev–Trinajstić information content (AvgIpc) is 2.70. The molecule has 0 radical (unpaired) electrons. The van der Waals surface area contributed by atoms with Crippen LogP contribution in [0.2, 0.25) is 0 Å². The van der Waals surface area contributed by atoms with Crippen LogP contribution in [0, 0.1) is 11.3 Å². The zero-order chi connectivity index (χ0) is 20.4. The van der Waals surface area contributed by atoms with Gasteiger partial charge in [-0.1, -0.05) is 24.3 Å². The summed E-state index contributed by atoms with van der Waals surface area (Å²) in [5, 5.41) is 19.0. The predicted molar refractivity (Wildman–Crippen MR) is 110 cm³/mol. The quantitative estimate of drug-likeness (QED) is 0.605. The molecule has 28 heavy (non-hydrogen) atoms. The molecule has 2 aromatic rings. The molecule has 0 aliphatic rings. The summed E-state index contributed by atoms with van der Waals surface area (Å²) in [5.74, 6) is 1.60. The van der Waals surface area contributed by atoms with Crippen LogP contribution in [0.25, 0.3) is 0 Å². The number of nitriles is 1. The number of aryl methyl sites for hydroxylation is 1. The summed E-state index contributed by atoms with van der Waals surface area (Å²) < 4.78 is 11.6. The molecule has 1 atom stereocenters. The molecule has 0 bridgehead atoms. The second-order valence-corrected chi connectivity index (χ2v) is 7.71. The molecule has 0 unspecified atom stereocenters. The van der Waals surface area contributed by atoms with Crippen LogP contribution in [0.3, 0.4) is 0 Å². The maximum Gasteiger partial charge on any atom is 0.137 e. The molecule has 0 heterocycles. The van der Waals surface area contributed by atoms with Gasteiger partial charge in [-0.25, -0.2) is 0 Å². The second-order valence-electron chi connectivity index (χ2n) is 7.71. The molecule has 0 amide bonds. The molecule has 0 aromatic heterocycles. The number of nitrogens with zero attached hydrogens (tertiary/aromatic N) is 2. The van der Waals surface area contributed by atoms with Gasteiger partial charge in [-0.05, 0) is 41.8 Å². The van der Waals surface area contributed by atoms with Crippen molar-refractivity contribution in [2.45, 2.75) is 25.4 Å². The molecule has 0 aliphatic heterocycles. The van der Waals surface area contributed by atoms with Crippen molar-refractivity contribution in [1.82, 2.24) is 0 Å². The van der Waals surface area contributed by atoms with Crippen LogP contribution in [0.1, 0.15) is 17.5 Å². The molecule has 0 fully saturated rings. The summed E-state index contributed by atoms with van der Waals surface area (Å²) in [6, 6.07) is 18.0. The lowest BCUT2D eigenvalue weighted by Gasteiger charge is -2.32. The highest BCUT2D eigenvalue weighted by Gasteiger charge is 2.21. The van der Waals surface area contributed by atoms with Gasteiger partial charge in [-0.3, -0.25) is 0 Å². The lowest BCUT2D eigenvalue weighted by Crippen LogP contribution is -2.48. The van der Waals surface area contributed by atoms with Crippen LogP contribution in [-0.4, -0.2) is 56.6 Å². The standard InChI is InChI=1S/C23H31N2O3/c1-25(2,16-14-20-6-10-22(27-3)11-7-20)17-21(26)18-28-23-12-8-19(9-13-23)5-4-15-24/h6-13,21,26H,4-5,14,16-18H2,1-3H3/q+1/t21-/m1/s1. The number of aliphatic hydroxyl groups excluding tert-OH is 1. The van der Waals surface area contributed by atoms with Gasteiger partial charge in [0.15, 0.2) is 0 Å². The Morgan fingerprint density at radius 3 is 2.11 bits per heavy atom. The Morgan fingerprint density at radius 1 is 0.964 bits per heavy atom. The number of ether oxygens (including phenoxy) is 2. The van der Waals surface area contributed by atoms with E-state index in [-0.39, 0.29) is 6.61 Å². The SMILES string of the molecule is COc1ccc(CC[N+](C)(C)C[C@@H](O)COc2ccc(CCC#N)cc2)cc1. The predicted octanol–water partition coefficient (Wildman–Crippen LogP) is 3.21. The zero-order valence-electron chi connectivity index (χ0n) is 17.1. The first-order chi connectivity index (χ1) is 13.4. The fraction of sp³-hybridized carbons (Fsp3) is 0.435. The summed E-state index contributed by atoms with van der Waals surface area (Å²) in [5.41, 5.74) is 2.38. The van der Waals surface area contributed by atoms with Gasteiger partial charge in [0.05, 0.1) is 33.8 Å². The highest BCUT2D eigenvalue weighted by atomic mass is 16.5. The monoisotopic (exact) mass is 383 g/mol. The Labute approximate surface area is 168 Å². The van der Waals surface area contributed by atoms with Crippen molar-refractivity contribution >= 4 is 0 Å². The van der Waals surface area contributed by atoms with E-state index in [0.717, 1.165) is 36.4 Å². The third kappa shape index (κ3) is 7.59. The van der Waals surface area contributed by atoms with Crippen molar-refractivity contribution in [2.24, 2.45) is 0 Å². The van der Waals surface area contributed by atoms with E-state index in [1.54, 1.807) is 7.11 Å². The minimum absolute atomic E-state index is 0.266. The number of methoxy groups -OCH3 is 1. The van der Waals surface area contributed by atoms with Crippen molar-refractivity contribution in [3.63, 3.8) is 0 Å². The van der Waals surface area contributed by atoms with Gasteiger partial charge < -0.3 is 19.1 Å². The van der Waals surface area contributed by atoms with Crippen LogP contribution in [-0.2, 0) is 12.8 Å². The van der Waals surface area contributed by atoms with E-state index in [4.69, 9.17) is 14.7 Å². The average molecular weight is 384 g/mol. The van der Waals surface area contributed by atoms with Crippen LogP contribution in [0.4, 0.5) is 0 Å². The van der Waals surface area contributed by atoms with Gasteiger partial charge in [0, 0.05) is 12.8 Å². The van der Waals surface area contributed by atoms with Gasteiger partial charge in [-0.2, -0.15) is 5.26 Å². The summed E-state index contributed by atoms with van der Waals surface area (Å²) in [4.78, 5) is 0. The van der Waals surface area contributed by atoms with Crippen molar-refractivity contribution in [1.29, 1.82) is 5.26 Å². The summed E-state index contributed by atoms with van der Waals surface area (Å²) in [7, 11) is 5.91. The number of aliphatic hydroxyl groups is 1. The maximum atomic E-state index is 10.4. The summed E-state index contributed by atoms with van der Waals surface area (Å²) in [6.07, 6.45) is 1.67. The van der Waals surface area contributed by atoms with E-state index in [2.05, 4.69) is 32.3 Å². The van der Waals surface area contributed by atoms with Gasteiger partial charge in [0.1, 0.15) is 30.8 Å². The van der Waals surface area contributed by atoms with Gasteiger partial charge in [-0.15, -0.1) is 0 Å². The first kappa shape index (κ1) is 21.7. The fourth-order valence-electron chi connectivity index (χ4n) is 3.08. The third-order valence-corrected chi connectivity index (χ3v) is 4.76. The number of rotatable bonds is 11.